The molecule has 3 aromatic rings. The molecule has 4 rings (SSSR count). The third-order valence-electron chi connectivity index (χ3n) is 5.77. The fourth-order valence-electron chi connectivity index (χ4n) is 4.08. The van der Waals surface area contributed by atoms with Crippen LogP contribution in [0.3, 0.4) is 0 Å². The van der Waals surface area contributed by atoms with Crippen molar-refractivity contribution in [3.8, 4) is 0 Å². The molecule has 0 atom stereocenters. The molecule has 1 aliphatic carbocycles. The quantitative estimate of drug-likeness (QED) is 0.535. The van der Waals surface area contributed by atoms with Crippen LogP contribution in [0.5, 0.6) is 0 Å². The second kappa shape index (κ2) is 8.79. The summed E-state index contributed by atoms with van der Waals surface area (Å²) in [4.78, 5) is 25.9. The molecular formula is C22H25BrN4OS. The van der Waals surface area contributed by atoms with Crippen LogP contribution < -0.4 is 10.2 Å². The zero-order valence-corrected chi connectivity index (χ0v) is 19.1. The molecule has 1 N–H and O–H groups in total. The van der Waals surface area contributed by atoms with E-state index in [1.165, 1.54) is 43.4 Å². The monoisotopic (exact) mass is 472 g/mol. The first-order valence-electron chi connectivity index (χ1n) is 10.0. The maximum atomic E-state index is 12.9. The molecule has 2 aromatic heterocycles. The minimum atomic E-state index is -0.0625. The number of anilines is 1. The van der Waals surface area contributed by atoms with Gasteiger partial charge in [-0.15, -0.1) is 11.3 Å². The smallest absolute Gasteiger partial charge is 0.261 e. The highest BCUT2D eigenvalue weighted by molar-refractivity contribution is 9.10. The number of aromatic nitrogens is 2. The summed E-state index contributed by atoms with van der Waals surface area (Å²) in [6, 6.07) is 8.43. The van der Waals surface area contributed by atoms with Crippen molar-refractivity contribution in [1.82, 2.24) is 15.3 Å². The summed E-state index contributed by atoms with van der Waals surface area (Å²) in [7, 11) is 2.13. The van der Waals surface area contributed by atoms with Crippen molar-refractivity contribution >= 4 is 49.2 Å². The standard InChI is InChI=1S/C22H25BrN4OS/c1-14-18-20(27(2)16-9-4-3-5-10-16)25-13-26-22(18)29-19(14)21(28)24-12-15-8-6-7-11-17(15)23/h6-8,11,13,16H,3-5,9-10,12H2,1-2H3,(H,24,28). The maximum absolute atomic E-state index is 12.9. The number of rotatable bonds is 5. The van der Waals surface area contributed by atoms with E-state index in [4.69, 9.17) is 0 Å². The van der Waals surface area contributed by atoms with Gasteiger partial charge in [-0.05, 0) is 37.0 Å². The van der Waals surface area contributed by atoms with Gasteiger partial charge in [0, 0.05) is 24.1 Å². The zero-order valence-electron chi connectivity index (χ0n) is 16.7. The third kappa shape index (κ3) is 4.16. The van der Waals surface area contributed by atoms with Gasteiger partial charge in [-0.25, -0.2) is 9.97 Å². The van der Waals surface area contributed by atoms with Crippen LogP contribution in [0.2, 0.25) is 0 Å². The lowest BCUT2D eigenvalue weighted by Gasteiger charge is -2.32. The van der Waals surface area contributed by atoms with Crippen LogP contribution in [0, 0.1) is 6.92 Å². The van der Waals surface area contributed by atoms with Crippen LogP contribution in [0.4, 0.5) is 5.82 Å². The minimum Gasteiger partial charge on any atom is -0.356 e. The van der Waals surface area contributed by atoms with Crippen LogP contribution in [0.15, 0.2) is 35.1 Å². The summed E-state index contributed by atoms with van der Waals surface area (Å²) in [6.45, 7) is 2.49. The van der Waals surface area contributed by atoms with Gasteiger partial charge in [0.05, 0.1) is 10.3 Å². The molecule has 1 amide bonds. The van der Waals surface area contributed by atoms with Gasteiger partial charge in [0.15, 0.2) is 0 Å². The molecule has 2 heterocycles. The van der Waals surface area contributed by atoms with Crippen LogP contribution in [0.1, 0.15) is 52.9 Å². The lowest BCUT2D eigenvalue weighted by atomic mass is 9.94. The number of carbonyl (C=O) groups is 1. The number of benzene rings is 1. The predicted octanol–water partition coefficient (Wildman–Crippen LogP) is 5.46. The van der Waals surface area contributed by atoms with Crippen LogP contribution >= 0.6 is 27.3 Å². The average molecular weight is 473 g/mol. The van der Waals surface area contributed by atoms with E-state index < -0.39 is 0 Å². The Morgan fingerprint density at radius 1 is 1.24 bits per heavy atom. The zero-order chi connectivity index (χ0) is 20.4. The normalized spacial score (nSPS) is 14.9. The van der Waals surface area contributed by atoms with Crippen molar-refractivity contribution in [3.05, 3.63) is 51.1 Å². The first kappa shape index (κ1) is 20.3. The number of carbonyl (C=O) groups excluding carboxylic acids is 1. The molecule has 0 saturated heterocycles. The highest BCUT2D eigenvalue weighted by Crippen LogP contribution is 2.36. The molecule has 152 valence electrons. The second-order valence-corrected chi connectivity index (χ2v) is 9.46. The van der Waals surface area contributed by atoms with Crippen molar-refractivity contribution < 1.29 is 4.79 Å². The molecule has 7 heteroatoms. The van der Waals surface area contributed by atoms with Gasteiger partial charge in [-0.2, -0.15) is 0 Å². The van der Waals surface area contributed by atoms with Crippen molar-refractivity contribution in [2.75, 3.05) is 11.9 Å². The fraction of sp³-hybridized carbons (Fsp3) is 0.409. The highest BCUT2D eigenvalue weighted by atomic mass is 79.9. The number of nitrogens with one attached hydrogen (secondary N) is 1. The van der Waals surface area contributed by atoms with Gasteiger partial charge in [0.1, 0.15) is 17.0 Å². The third-order valence-corrected chi connectivity index (χ3v) is 7.74. The van der Waals surface area contributed by atoms with E-state index in [0.717, 1.165) is 31.6 Å². The van der Waals surface area contributed by atoms with E-state index >= 15 is 0 Å². The lowest BCUT2D eigenvalue weighted by molar-refractivity contribution is 0.0954. The second-order valence-electron chi connectivity index (χ2n) is 7.61. The van der Waals surface area contributed by atoms with Gasteiger partial charge in [-0.3, -0.25) is 4.79 Å². The van der Waals surface area contributed by atoms with Crippen molar-refractivity contribution in [2.45, 2.75) is 51.6 Å². The van der Waals surface area contributed by atoms with Gasteiger partial charge < -0.3 is 10.2 Å². The molecule has 0 spiro atoms. The Balaban J connectivity index is 1.60. The van der Waals surface area contributed by atoms with Crippen molar-refractivity contribution in [2.24, 2.45) is 0 Å². The number of thiophene rings is 1. The van der Waals surface area contributed by atoms with E-state index in [1.807, 2.05) is 31.2 Å². The summed E-state index contributed by atoms with van der Waals surface area (Å²) in [5.41, 5.74) is 2.02. The van der Waals surface area contributed by atoms with Crippen molar-refractivity contribution in [1.29, 1.82) is 0 Å². The topological polar surface area (TPSA) is 58.1 Å². The number of hydrogen-bond donors (Lipinski definition) is 1. The van der Waals surface area contributed by atoms with E-state index in [-0.39, 0.29) is 5.91 Å². The number of fused-ring (bicyclic) bond motifs is 1. The fourth-order valence-corrected chi connectivity index (χ4v) is 5.56. The van der Waals surface area contributed by atoms with Crippen LogP contribution in [-0.4, -0.2) is 29.0 Å². The number of aryl methyl sites for hydroxylation is 1. The summed E-state index contributed by atoms with van der Waals surface area (Å²) in [5.74, 6) is 0.882. The van der Waals surface area contributed by atoms with E-state index in [0.29, 0.717) is 17.5 Å². The Kier molecular flexibility index (Phi) is 6.15. The van der Waals surface area contributed by atoms with Gasteiger partial charge in [0.2, 0.25) is 0 Å². The predicted molar refractivity (Wildman–Crippen MR) is 123 cm³/mol. The summed E-state index contributed by atoms with van der Waals surface area (Å²) < 4.78 is 0.996. The van der Waals surface area contributed by atoms with E-state index in [1.54, 1.807) is 6.33 Å². The molecule has 0 aliphatic heterocycles. The minimum absolute atomic E-state index is 0.0625. The summed E-state index contributed by atoms with van der Waals surface area (Å²) >= 11 is 4.98. The molecule has 5 nitrogen and oxygen atoms in total. The van der Waals surface area contributed by atoms with Gasteiger partial charge in [-0.1, -0.05) is 53.4 Å². The number of amides is 1. The Bertz CT molecular complexity index is 1030. The Hall–Kier alpha value is -1.99. The molecule has 0 radical (unpaired) electrons. The Morgan fingerprint density at radius 3 is 2.76 bits per heavy atom. The molecule has 0 unspecified atom stereocenters. The van der Waals surface area contributed by atoms with Gasteiger partial charge >= 0.3 is 0 Å². The molecule has 1 saturated carbocycles. The van der Waals surface area contributed by atoms with Gasteiger partial charge in [0.25, 0.3) is 5.91 Å². The number of nitrogens with zero attached hydrogens (tertiary/aromatic N) is 3. The number of hydrogen-bond acceptors (Lipinski definition) is 5. The summed E-state index contributed by atoms with van der Waals surface area (Å²) in [6.07, 6.45) is 7.89. The SMILES string of the molecule is Cc1c(C(=O)NCc2ccccc2Br)sc2ncnc(N(C)C3CCCCC3)c12. The first-order chi connectivity index (χ1) is 14.1. The van der Waals surface area contributed by atoms with Crippen LogP contribution in [0.25, 0.3) is 10.2 Å². The first-order valence-corrected chi connectivity index (χ1v) is 11.7. The molecule has 1 fully saturated rings. The lowest BCUT2D eigenvalue weighted by Crippen LogP contribution is -2.34. The maximum Gasteiger partial charge on any atom is 0.261 e. The molecule has 1 aromatic carbocycles. The average Bonchev–Trinajstić information content (AvgIpc) is 3.10. The Morgan fingerprint density at radius 2 is 2.00 bits per heavy atom. The largest absolute Gasteiger partial charge is 0.356 e. The van der Waals surface area contributed by atoms with Crippen LogP contribution in [-0.2, 0) is 6.54 Å². The molecule has 29 heavy (non-hydrogen) atoms. The number of halogens is 1. The van der Waals surface area contributed by atoms with E-state index in [2.05, 4.69) is 43.2 Å². The molecule has 0 bridgehead atoms. The summed E-state index contributed by atoms with van der Waals surface area (Å²) in [5, 5.41) is 4.06. The Labute approximate surface area is 183 Å². The highest BCUT2D eigenvalue weighted by Gasteiger charge is 2.25. The van der Waals surface area contributed by atoms with Crippen molar-refractivity contribution in [3.63, 3.8) is 0 Å². The molecule has 1 aliphatic rings. The molecular weight excluding hydrogens is 448 g/mol. The van der Waals surface area contributed by atoms with E-state index in [9.17, 15) is 4.79 Å².